The molecule has 2 bridgehead atoms. The van der Waals surface area contributed by atoms with E-state index in [0.717, 1.165) is 25.5 Å². The zero-order valence-electron chi connectivity index (χ0n) is 8.79. The van der Waals surface area contributed by atoms with Crippen LogP contribution in [-0.2, 0) is 0 Å². The molecule has 2 unspecified atom stereocenters. The number of nitrogens with zero attached hydrogens (tertiary/aromatic N) is 2. The zero-order valence-corrected chi connectivity index (χ0v) is 8.79. The highest BCUT2D eigenvalue weighted by Crippen LogP contribution is 2.40. The fraction of sp³-hybridized carbons (Fsp3) is 0.545. The van der Waals surface area contributed by atoms with Gasteiger partial charge in [0, 0.05) is 18.7 Å². The van der Waals surface area contributed by atoms with Crippen molar-refractivity contribution in [3.8, 4) is 0 Å². The molecule has 5 heteroatoms. The quantitative estimate of drug-likeness (QED) is 0.794. The number of rotatable bonds is 1. The van der Waals surface area contributed by atoms with Gasteiger partial charge in [-0.25, -0.2) is 13.8 Å². The number of anilines is 2. The van der Waals surface area contributed by atoms with Crippen molar-refractivity contribution in [3.05, 3.63) is 17.7 Å². The first-order valence-electron chi connectivity index (χ1n) is 5.53. The Morgan fingerprint density at radius 2 is 2.12 bits per heavy atom. The summed E-state index contributed by atoms with van der Waals surface area (Å²) in [5.41, 5.74) is 5.38. The van der Waals surface area contributed by atoms with Crippen LogP contribution in [0.5, 0.6) is 0 Å². The molecule has 0 spiro atoms. The molecule has 3 nitrogen and oxygen atoms in total. The lowest BCUT2D eigenvalue weighted by Crippen LogP contribution is -2.33. The lowest BCUT2D eigenvalue weighted by molar-refractivity contribution is 0.528. The number of aromatic nitrogens is 1. The van der Waals surface area contributed by atoms with Gasteiger partial charge in [-0.05, 0) is 25.2 Å². The van der Waals surface area contributed by atoms with Crippen molar-refractivity contribution in [2.24, 2.45) is 5.92 Å². The maximum atomic E-state index is 13.6. The first-order chi connectivity index (χ1) is 7.65. The van der Waals surface area contributed by atoms with E-state index in [0.29, 0.717) is 12.0 Å². The molecule has 1 saturated heterocycles. The van der Waals surface area contributed by atoms with Crippen molar-refractivity contribution in [1.29, 1.82) is 0 Å². The fourth-order valence-corrected chi connectivity index (χ4v) is 2.86. The Morgan fingerprint density at radius 1 is 1.31 bits per heavy atom. The Morgan fingerprint density at radius 3 is 2.75 bits per heavy atom. The molecule has 1 aromatic heterocycles. The van der Waals surface area contributed by atoms with Crippen molar-refractivity contribution in [2.45, 2.75) is 25.3 Å². The summed E-state index contributed by atoms with van der Waals surface area (Å²) >= 11 is 0. The first kappa shape index (κ1) is 9.81. The van der Waals surface area contributed by atoms with E-state index in [2.05, 4.69) is 4.98 Å². The second-order valence-electron chi connectivity index (χ2n) is 4.65. The van der Waals surface area contributed by atoms with Crippen LogP contribution in [0.15, 0.2) is 6.07 Å². The van der Waals surface area contributed by atoms with Crippen molar-refractivity contribution in [2.75, 3.05) is 17.2 Å². The predicted octanol–water partition coefficient (Wildman–Crippen LogP) is 1.93. The molecule has 16 heavy (non-hydrogen) atoms. The summed E-state index contributed by atoms with van der Waals surface area (Å²) in [6, 6.07) is 1.18. The van der Waals surface area contributed by atoms with Crippen molar-refractivity contribution in [1.82, 2.24) is 4.98 Å². The van der Waals surface area contributed by atoms with Crippen LogP contribution in [0.4, 0.5) is 20.4 Å². The highest BCUT2D eigenvalue weighted by molar-refractivity contribution is 5.49. The van der Waals surface area contributed by atoms with E-state index in [1.165, 1.54) is 6.42 Å². The van der Waals surface area contributed by atoms with Crippen LogP contribution >= 0.6 is 0 Å². The molecule has 0 aromatic carbocycles. The number of piperidine rings is 1. The van der Waals surface area contributed by atoms with Gasteiger partial charge in [0.25, 0.3) is 0 Å². The minimum Gasteiger partial charge on any atom is -0.381 e. The molecular formula is C11H13F2N3. The third-order valence-corrected chi connectivity index (χ3v) is 3.62. The second-order valence-corrected chi connectivity index (χ2v) is 4.65. The minimum absolute atomic E-state index is 0.214. The number of nitrogens with two attached hydrogens (primary N) is 1. The minimum atomic E-state index is -0.786. The summed E-state index contributed by atoms with van der Waals surface area (Å²) in [4.78, 5) is 5.76. The van der Waals surface area contributed by atoms with Crippen molar-refractivity contribution < 1.29 is 8.78 Å². The zero-order chi connectivity index (χ0) is 11.3. The molecule has 86 valence electrons. The Bertz CT molecular complexity index is 435. The predicted molar refractivity (Wildman–Crippen MR) is 57.0 cm³/mol. The molecule has 0 amide bonds. The van der Waals surface area contributed by atoms with Crippen LogP contribution < -0.4 is 10.6 Å². The topological polar surface area (TPSA) is 42.1 Å². The molecule has 2 fully saturated rings. The van der Waals surface area contributed by atoms with Crippen molar-refractivity contribution in [3.63, 3.8) is 0 Å². The number of hydrogen-bond acceptors (Lipinski definition) is 3. The summed E-state index contributed by atoms with van der Waals surface area (Å²) < 4.78 is 26.6. The number of fused-ring (bicyclic) bond motifs is 2. The van der Waals surface area contributed by atoms with Gasteiger partial charge in [0.2, 0.25) is 0 Å². The number of pyridine rings is 1. The third-order valence-electron chi connectivity index (χ3n) is 3.62. The van der Waals surface area contributed by atoms with Crippen LogP contribution in [0, 0.1) is 17.6 Å². The molecule has 0 radical (unpaired) electrons. The lowest BCUT2D eigenvalue weighted by Gasteiger charge is -2.28. The van der Waals surface area contributed by atoms with E-state index in [9.17, 15) is 8.78 Å². The molecule has 2 heterocycles. The Balaban J connectivity index is 1.98. The highest BCUT2D eigenvalue weighted by Gasteiger charge is 2.39. The van der Waals surface area contributed by atoms with Crippen molar-refractivity contribution >= 4 is 11.6 Å². The summed E-state index contributed by atoms with van der Waals surface area (Å²) in [6.07, 6.45) is 3.38. The smallest absolute Gasteiger partial charge is 0.168 e. The van der Waals surface area contributed by atoms with E-state index < -0.39 is 11.6 Å². The molecule has 1 saturated carbocycles. The van der Waals surface area contributed by atoms with Crippen LogP contribution in [0.1, 0.15) is 19.3 Å². The number of nitrogen functional groups attached to an aromatic ring is 1. The maximum Gasteiger partial charge on any atom is 0.168 e. The number of halogens is 2. The monoisotopic (exact) mass is 225 g/mol. The third kappa shape index (κ3) is 1.34. The lowest BCUT2D eigenvalue weighted by atomic mass is 10.1. The van der Waals surface area contributed by atoms with E-state index >= 15 is 0 Å². The maximum absolute atomic E-state index is 13.6. The fourth-order valence-electron chi connectivity index (χ4n) is 2.86. The Labute approximate surface area is 92.3 Å². The Kier molecular flexibility index (Phi) is 2.02. The van der Waals surface area contributed by atoms with E-state index in [-0.39, 0.29) is 11.6 Å². The van der Waals surface area contributed by atoms with E-state index in [1.54, 1.807) is 0 Å². The van der Waals surface area contributed by atoms with Gasteiger partial charge in [-0.1, -0.05) is 0 Å². The molecule has 2 atom stereocenters. The largest absolute Gasteiger partial charge is 0.381 e. The summed E-state index contributed by atoms with van der Waals surface area (Å²) in [5.74, 6) is -0.771. The molecule has 2 aliphatic rings. The summed E-state index contributed by atoms with van der Waals surface area (Å²) in [5, 5.41) is 0. The van der Waals surface area contributed by atoms with Gasteiger partial charge in [-0.2, -0.15) is 0 Å². The van der Waals surface area contributed by atoms with Crippen LogP contribution in [-0.4, -0.2) is 17.6 Å². The second kappa shape index (κ2) is 3.30. The first-order valence-corrected chi connectivity index (χ1v) is 5.53. The molecule has 1 aliphatic heterocycles. The van der Waals surface area contributed by atoms with Crippen LogP contribution in [0.3, 0.4) is 0 Å². The highest BCUT2D eigenvalue weighted by atomic mass is 19.1. The Hall–Kier alpha value is -1.39. The van der Waals surface area contributed by atoms with Crippen LogP contribution in [0.2, 0.25) is 0 Å². The summed E-state index contributed by atoms with van der Waals surface area (Å²) in [6.45, 7) is 0.819. The average Bonchev–Trinajstić information content (AvgIpc) is 2.84. The normalized spacial score (nSPS) is 27.8. The van der Waals surface area contributed by atoms with Gasteiger partial charge in [0.1, 0.15) is 0 Å². The molecular weight excluding hydrogens is 212 g/mol. The van der Waals surface area contributed by atoms with Gasteiger partial charge in [-0.3, -0.25) is 0 Å². The van der Waals surface area contributed by atoms with Gasteiger partial charge in [-0.15, -0.1) is 0 Å². The molecule has 1 aromatic rings. The van der Waals surface area contributed by atoms with Gasteiger partial charge >= 0.3 is 0 Å². The molecule has 3 rings (SSSR count). The van der Waals surface area contributed by atoms with Crippen LogP contribution in [0.25, 0.3) is 0 Å². The summed E-state index contributed by atoms with van der Waals surface area (Å²) in [7, 11) is 0. The molecule has 1 aliphatic carbocycles. The average molecular weight is 225 g/mol. The van der Waals surface area contributed by atoms with Gasteiger partial charge in [0.05, 0.1) is 0 Å². The van der Waals surface area contributed by atoms with Gasteiger partial charge in [0.15, 0.2) is 23.3 Å². The standard InChI is InChI=1S/C11H13F2N3/c12-8-4-9(13)11(15-10(8)14)16-5-6-1-2-7(16)3-6/h4,6-7H,1-3,5H2,(H2,14,15). The SMILES string of the molecule is Nc1nc(N2CC3CCC2C3)c(F)cc1F. The van der Waals surface area contributed by atoms with E-state index in [4.69, 9.17) is 5.73 Å². The van der Waals surface area contributed by atoms with Gasteiger partial charge < -0.3 is 10.6 Å². The number of hydrogen-bond donors (Lipinski definition) is 1. The molecule has 2 N–H and O–H groups in total. The van der Waals surface area contributed by atoms with E-state index in [1.807, 2.05) is 4.90 Å².